The lowest BCUT2D eigenvalue weighted by Gasteiger charge is -2.14. The highest BCUT2D eigenvalue weighted by atomic mass is 16.3. The molecule has 29 heavy (non-hydrogen) atoms. The first-order chi connectivity index (χ1) is 14.0. The van der Waals surface area contributed by atoms with E-state index in [1.807, 2.05) is 13.0 Å². The summed E-state index contributed by atoms with van der Waals surface area (Å²) in [6.07, 6.45) is 4.76. The number of nitrogens with one attached hydrogen (secondary N) is 2. The van der Waals surface area contributed by atoms with Crippen molar-refractivity contribution in [3.8, 4) is 0 Å². The largest absolute Gasteiger partial charge is 0.467 e. The molecule has 4 rings (SSSR count). The van der Waals surface area contributed by atoms with E-state index in [2.05, 4.69) is 16.9 Å². The molecule has 0 atom stereocenters. The first-order valence-electron chi connectivity index (χ1n) is 9.03. The van der Waals surface area contributed by atoms with E-state index in [0.29, 0.717) is 17.1 Å². The van der Waals surface area contributed by atoms with Crippen molar-refractivity contribution in [2.45, 2.75) is 20.0 Å². The van der Waals surface area contributed by atoms with Gasteiger partial charge in [0, 0.05) is 12.7 Å². The standard InChI is InChI=1S/C21H19N5O3/c1-3-8-25-17(22)15(20(27)23-12-14-7-5-10-29-14)11-16-19(25)24-18-13(2)6-4-9-26(18)21(16)28/h3-7,9-11,22H,1,8,12H2,2H3,(H,23,27). The molecule has 0 aliphatic rings. The van der Waals surface area contributed by atoms with Gasteiger partial charge < -0.3 is 14.3 Å². The third-order valence-corrected chi connectivity index (χ3v) is 4.69. The highest BCUT2D eigenvalue weighted by molar-refractivity contribution is 5.96. The van der Waals surface area contributed by atoms with Gasteiger partial charge >= 0.3 is 0 Å². The van der Waals surface area contributed by atoms with Crippen LogP contribution in [-0.4, -0.2) is 19.9 Å². The van der Waals surface area contributed by atoms with Gasteiger partial charge in [-0.1, -0.05) is 12.1 Å². The maximum atomic E-state index is 13.1. The summed E-state index contributed by atoms with van der Waals surface area (Å²) in [4.78, 5) is 30.5. The Bertz CT molecular complexity index is 1360. The number of pyridine rings is 2. The van der Waals surface area contributed by atoms with Crippen LogP contribution in [0.25, 0.3) is 16.7 Å². The summed E-state index contributed by atoms with van der Waals surface area (Å²) in [6, 6.07) is 8.53. The van der Waals surface area contributed by atoms with Gasteiger partial charge in [0.1, 0.15) is 22.5 Å². The molecule has 8 nitrogen and oxygen atoms in total. The molecule has 4 aromatic rings. The van der Waals surface area contributed by atoms with Crippen molar-refractivity contribution < 1.29 is 9.21 Å². The summed E-state index contributed by atoms with van der Waals surface area (Å²) < 4.78 is 8.18. The molecule has 1 amide bonds. The summed E-state index contributed by atoms with van der Waals surface area (Å²) in [7, 11) is 0. The molecule has 0 unspecified atom stereocenters. The van der Waals surface area contributed by atoms with Crippen LogP contribution in [0.15, 0.2) is 64.7 Å². The van der Waals surface area contributed by atoms with E-state index in [9.17, 15) is 9.59 Å². The van der Waals surface area contributed by atoms with Crippen LogP contribution in [0, 0.1) is 12.3 Å². The molecule has 2 N–H and O–H groups in total. The fourth-order valence-corrected chi connectivity index (χ4v) is 3.25. The van der Waals surface area contributed by atoms with Gasteiger partial charge in [-0.25, -0.2) is 4.98 Å². The van der Waals surface area contributed by atoms with Crippen molar-refractivity contribution in [1.82, 2.24) is 19.3 Å². The lowest BCUT2D eigenvalue weighted by Crippen LogP contribution is -2.34. The number of fused-ring (bicyclic) bond motifs is 2. The molecule has 146 valence electrons. The van der Waals surface area contributed by atoms with Gasteiger partial charge in [-0.15, -0.1) is 6.58 Å². The molecule has 4 aromatic heterocycles. The van der Waals surface area contributed by atoms with Crippen molar-refractivity contribution in [2.75, 3.05) is 0 Å². The van der Waals surface area contributed by atoms with Crippen molar-refractivity contribution in [3.63, 3.8) is 0 Å². The summed E-state index contributed by atoms with van der Waals surface area (Å²) in [5.41, 5.74) is 1.43. The Balaban J connectivity index is 1.93. The number of amides is 1. The molecule has 0 radical (unpaired) electrons. The second-order valence-electron chi connectivity index (χ2n) is 6.61. The van der Waals surface area contributed by atoms with Crippen LogP contribution in [0.1, 0.15) is 21.7 Å². The number of carbonyl (C=O) groups is 1. The van der Waals surface area contributed by atoms with Gasteiger partial charge in [-0.2, -0.15) is 0 Å². The average Bonchev–Trinajstić information content (AvgIpc) is 3.23. The first-order valence-corrected chi connectivity index (χ1v) is 9.03. The Kier molecular flexibility index (Phi) is 4.59. The molecule has 0 bridgehead atoms. The highest BCUT2D eigenvalue weighted by Gasteiger charge is 2.17. The van der Waals surface area contributed by atoms with Gasteiger partial charge in [-0.05, 0) is 36.8 Å². The Morgan fingerprint density at radius 1 is 1.34 bits per heavy atom. The molecule has 8 heteroatoms. The van der Waals surface area contributed by atoms with Gasteiger partial charge in [-0.3, -0.25) is 19.4 Å². The number of aromatic nitrogens is 3. The average molecular weight is 389 g/mol. The van der Waals surface area contributed by atoms with E-state index in [4.69, 9.17) is 9.83 Å². The normalized spacial score (nSPS) is 11.1. The molecule has 0 aliphatic carbocycles. The smallest absolute Gasteiger partial charge is 0.267 e. The van der Waals surface area contributed by atoms with Crippen molar-refractivity contribution in [1.29, 1.82) is 5.41 Å². The fraction of sp³-hybridized carbons (Fsp3) is 0.143. The zero-order valence-electron chi connectivity index (χ0n) is 15.8. The SMILES string of the molecule is C=CCn1c(=N)c(C(=O)NCc2ccco2)cc2c(=O)n3cccc(C)c3nc21. The quantitative estimate of drug-likeness (QED) is 0.403. The third kappa shape index (κ3) is 3.14. The van der Waals surface area contributed by atoms with Gasteiger partial charge in [0.2, 0.25) is 0 Å². The van der Waals surface area contributed by atoms with E-state index >= 15 is 0 Å². The number of allylic oxidation sites excluding steroid dienone is 1. The van der Waals surface area contributed by atoms with Crippen LogP contribution in [0.5, 0.6) is 0 Å². The monoisotopic (exact) mass is 389 g/mol. The predicted molar refractivity (Wildman–Crippen MR) is 108 cm³/mol. The molecule has 0 aliphatic heterocycles. The van der Waals surface area contributed by atoms with E-state index in [1.54, 1.807) is 30.5 Å². The lowest BCUT2D eigenvalue weighted by atomic mass is 10.2. The number of rotatable bonds is 5. The van der Waals surface area contributed by atoms with Crippen LogP contribution >= 0.6 is 0 Å². The van der Waals surface area contributed by atoms with Crippen molar-refractivity contribution in [3.05, 3.63) is 88.2 Å². The van der Waals surface area contributed by atoms with E-state index in [-0.39, 0.29) is 35.1 Å². The zero-order chi connectivity index (χ0) is 20.5. The zero-order valence-corrected chi connectivity index (χ0v) is 15.8. The van der Waals surface area contributed by atoms with Gasteiger partial charge in [0.05, 0.1) is 23.8 Å². The minimum absolute atomic E-state index is 0.0424. The van der Waals surface area contributed by atoms with E-state index in [0.717, 1.165) is 5.56 Å². The minimum Gasteiger partial charge on any atom is -0.467 e. The Labute approximate surface area is 165 Å². The number of nitrogens with zero attached hydrogens (tertiary/aromatic N) is 3. The maximum absolute atomic E-state index is 13.1. The molecular formula is C21H19N5O3. The number of aryl methyl sites for hydroxylation is 1. The van der Waals surface area contributed by atoms with Crippen molar-refractivity contribution >= 4 is 22.6 Å². The Hall–Kier alpha value is -3.94. The number of hydrogen-bond donors (Lipinski definition) is 2. The summed E-state index contributed by atoms with van der Waals surface area (Å²) >= 11 is 0. The van der Waals surface area contributed by atoms with Crippen LogP contribution in [0.3, 0.4) is 0 Å². The number of hydrogen-bond acceptors (Lipinski definition) is 5. The lowest BCUT2D eigenvalue weighted by molar-refractivity contribution is 0.0945. The second kappa shape index (κ2) is 7.23. The molecule has 4 heterocycles. The van der Waals surface area contributed by atoms with E-state index in [1.165, 1.54) is 21.3 Å². The topological polar surface area (TPSA) is 105 Å². The fourth-order valence-electron chi connectivity index (χ4n) is 3.25. The van der Waals surface area contributed by atoms with Crippen LogP contribution < -0.4 is 16.4 Å². The second-order valence-corrected chi connectivity index (χ2v) is 6.61. The Morgan fingerprint density at radius 3 is 2.90 bits per heavy atom. The van der Waals surface area contributed by atoms with Gasteiger partial charge in [0.15, 0.2) is 0 Å². The minimum atomic E-state index is -0.472. The van der Waals surface area contributed by atoms with Crippen molar-refractivity contribution in [2.24, 2.45) is 0 Å². The van der Waals surface area contributed by atoms with Crippen LogP contribution in [0.2, 0.25) is 0 Å². The molecule has 0 saturated carbocycles. The Morgan fingerprint density at radius 2 is 2.17 bits per heavy atom. The van der Waals surface area contributed by atoms with Gasteiger partial charge in [0.25, 0.3) is 11.5 Å². The molecule has 0 saturated heterocycles. The molecular weight excluding hydrogens is 370 g/mol. The molecule has 0 spiro atoms. The highest BCUT2D eigenvalue weighted by Crippen LogP contribution is 2.13. The van der Waals surface area contributed by atoms with Crippen LogP contribution in [0.4, 0.5) is 0 Å². The summed E-state index contributed by atoms with van der Waals surface area (Å²) in [5.74, 6) is 0.118. The summed E-state index contributed by atoms with van der Waals surface area (Å²) in [6.45, 7) is 6.01. The molecule has 0 fully saturated rings. The first kappa shape index (κ1) is 18.4. The third-order valence-electron chi connectivity index (χ3n) is 4.69. The maximum Gasteiger partial charge on any atom is 0.267 e. The van der Waals surface area contributed by atoms with Crippen LogP contribution in [-0.2, 0) is 13.1 Å². The van der Waals surface area contributed by atoms with E-state index < -0.39 is 5.91 Å². The number of furan rings is 1. The number of carbonyl (C=O) groups excluding carboxylic acids is 1. The summed E-state index contributed by atoms with van der Waals surface area (Å²) in [5, 5.41) is 11.5. The molecule has 0 aromatic carbocycles. The predicted octanol–water partition coefficient (Wildman–Crippen LogP) is 2.15.